The molecule has 1 heterocycles. The molecule has 4 heteroatoms. The van der Waals surface area contributed by atoms with E-state index in [-0.39, 0.29) is 6.04 Å². The standard InChI is InChI=1S/C18H19N3S/c1-13(2)19-18-21(16-7-5-4-6-8-16)17(20-22-18)15-11-9-14(3)10-12-15/h4-13H,1-3H3. The average Bonchev–Trinajstić information content (AvgIpc) is 2.91. The monoisotopic (exact) mass is 309 g/mol. The van der Waals surface area contributed by atoms with Crippen LogP contribution in [0.15, 0.2) is 59.6 Å². The van der Waals surface area contributed by atoms with Gasteiger partial charge in [-0.05, 0) is 32.9 Å². The number of rotatable bonds is 3. The van der Waals surface area contributed by atoms with Crippen LogP contribution in [-0.4, -0.2) is 15.0 Å². The Bertz CT molecular complexity index is 812. The molecule has 0 fully saturated rings. The summed E-state index contributed by atoms with van der Waals surface area (Å²) in [5, 5.41) is 0. The van der Waals surface area contributed by atoms with Crippen molar-refractivity contribution in [3.63, 3.8) is 0 Å². The van der Waals surface area contributed by atoms with Crippen molar-refractivity contribution in [2.75, 3.05) is 0 Å². The molecule has 22 heavy (non-hydrogen) atoms. The molecule has 0 spiro atoms. The molecule has 0 saturated heterocycles. The van der Waals surface area contributed by atoms with Crippen molar-refractivity contribution in [2.24, 2.45) is 4.99 Å². The summed E-state index contributed by atoms with van der Waals surface area (Å²) in [5.74, 6) is 0.940. The number of para-hydroxylation sites is 1. The normalized spacial score (nSPS) is 12.1. The number of aromatic nitrogens is 2. The quantitative estimate of drug-likeness (QED) is 0.712. The van der Waals surface area contributed by atoms with Crippen LogP contribution in [-0.2, 0) is 0 Å². The Kier molecular flexibility index (Phi) is 4.20. The van der Waals surface area contributed by atoms with Crippen molar-refractivity contribution >= 4 is 11.5 Å². The summed E-state index contributed by atoms with van der Waals surface area (Å²) < 4.78 is 6.79. The van der Waals surface area contributed by atoms with Crippen LogP contribution < -0.4 is 4.80 Å². The topological polar surface area (TPSA) is 30.2 Å². The van der Waals surface area contributed by atoms with Crippen LogP contribution in [0.4, 0.5) is 0 Å². The minimum Gasteiger partial charge on any atom is -0.268 e. The van der Waals surface area contributed by atoms with Gasteiger partial charge >= 0.3 is 0 Å². The molecular weight excluding hydrogens is 290 g/mol. The molecular formula is C18H19N3S. The molecule has 0 aliphatic heterocycles. The molecule has 3 rings (SSSR count). The van der Waals surface area contributed by atoms with Gasteiger partial charge in [-0.3, -0.25) is 9.56 Å². The zero-order valence-corrected chi connectivity index (χ0v) is 13.8. The summed E-state index contributed by atoms with van der Waals surface area (Å²) in [4.78, 5) is 5.65. The lowest BCUT2D eigenvalue weighted by Gasteiger charge is -2.08. The molecule has 0 N–H and O–H groups in total. The lowest BCUT2D eigenvalue weighted by atomic mass is 10.1. The second-order valence-electron chi connectivity index (χ2n) is 5.55. The molecule has 0 bridgehead atoms. The molecule has 0 aliphatic rings. The Hall–Kier alpha value is -2.20. The van der Waals surface area contributed by atoms with Crippen molar-refractivity contribution in [3.8, 4) is 17.1 Å². The maximum absolute atomic E-state index is 4.72. The van der Waals surface area contributed by atoms with Gasteiger partial charge in [-0.2, -0.15) is 4.37 Å². The Morgan fingerprint density at radius 3 is 2.32 bits per heavy atom. The molecule has 0 amide bonds. The number of nitrogens with zero attached hydrogens (tertiary/aromatic N) is 3. The minimum atomic E-state index is 0.237. The smallest absolute Gasteiger partial charge is 0.209 e. The van der Waals surface area contributed by atoms with E-state index in [1.807, 2.05) is 18.2 Å². The van der Waals surface area contributed by atoms with E-state index in [1.165, 1.54) is 17.1 Å². The minimum absolute atomic E-state index is 0.237. The number of aryl methyl sites for hydroxylation is 1. The maximum atomic E-state index is 4.72. The first-order valence-electron chi connectivity index (χ1n) is 7.40. The third-order valence-corrected chi connectivity index (χ3v) is 4.03. The summed E-state index contributed by atoms with van der Waals surface area (Å²) in [6.45, 7) is 6.26. The van der Waals surface area contributed by atoms with E-state index in [2.05, 4.69) is 66.1 Å². The summed E-state index contributed by atoms with van der Waals surface area (Å²) in [6.07, 6.45) is 0. The van der Waals surface area contributed by atoms with Gasteiger partial charge in [0.05, 0.1) is 0 Å². The Labute approximate surface area is 134 Å². The van der Waals surface area contributed by atoms with E-state index in [1.54, 1.807) is 0 Å². The van der Waals surface area contributed by atoms with Crippen LogP contribution in [0.2, 0.25) is 0 Å². The van der Waals surface area contributed by atoms with E-state index < -0.39 is 0 Å². The number of hydrogen-bond acceptors (Lipinski definition) is 3. The van der Waals surface area contributed by atoms with Crippen LogP contribution in [0.3, 0.4) is 0 Å². The van der Waals surface area contributed by atoms with Gasteiger partial charge in [0.2, 0.25) is 4.80 Å². The first-order chi connectivity index (χ1) is 10.6. The van der Waals surface area contributed by atoms with Crippen LogP contribution in [0, 0.1) is 6.92 Å². The molecule has 0 atom stereocenters. The van der Waals surface area contributed by atoms with E-state index in [9.17, 15) is 0 Å². The second kappa shape index (κ2) is 6.28. The molecule has 1 aromatic heterocycles. The summed E-state index contributed by atoms with van der Waals surface area (Å²) in [5.41, 5.74) is 3.44. The summed E-state index contributed by atoms with van der Waals surface area (Å²) >= 11 is 1.44. The zero-order chi connectivity index (χ0) is 15.5. The lowest BCUT2D eigenvalue weighted by molar-refractivity contribution is 0.785. The van der Waals surface area contributed by atoms with Gasteiger partial charge in [-0.1, -0.05) is 48.0 Å². The molecule has 0 aliphatic carbocycles. The van der Waals surface area contributed by atoms with Crippen molar-refractivity contribution < 1.29 is 0 Å². The van der Waals surface area contributed by atoms with E-state index in [4.69, 9.17) is 4.99 Å². The van der Waals surface area contributed by atoms with E-state index in [0.717, 1.165) is 21.9 Å². The highest BCUT2D eigenvalue weighted by Crippen LogP contribution is 2.21. The highest BCUT2D eigenvalue weighted by Gasteiger charge is 2.11. The van der Waals surface area contributed by atoms with Crippen LogP contribution in [0.5, 0.6) is 0 Å². The predicted octanol–water partition coefficient (Wildman–Crippen LogP) is 4.22. The fraction of sp³-hybridized carbons (Fsp3) is 0.222. The van der Waals surface area contributed by atoms with Gasteiger partial charge in [-0.15, -0.1) is 0 Å². The van der Waals surface area contributed by atoms with Crippen molar-refractivity contribution in [1.82, 2.24) is 8.94 Å². The maximum Gasteiger partial charge on any atom is 0.209 e. The number of benzene rings is 2. The highest BCUT2D eigenvalue weighted by molar-refractivity contribution is 7.03. The molecule has 3 aromatic rings. The Balaban J connectivity index is 2.24. The van der Waals surface area contributed by atoms with Crippen LogP contribution in [0.25, 0.3) is 17.1 Å². The second-order valence-corrected chi connectivity index (χ2v) is 6.28. The average molecular weight is 309 g/mol. The molecule has 2 aromatic carbocycles. The van der Waals surface area contributed by atoms with Gasteiger partial charge in [-0.25, -0.2) is 0 Å². The first kappa shape index (κ1) is 14.7. The van der Waals surface area contributed by atoms with Gasteiger partial charge in [0.25, 0.3) is 0 Å². The zero-order valence-electron chi connectivity index (χ0n) is 13.0. The Morgan fingerprint density at radius 1 is 1.00 bits per heavy atom. The summed E-state index contributed by atoms with van der Waals surface area (Å²) in [7, 11) is 0. The SMILES string of the molecule is Cc1ccc(-c2nsc(=NC(C)C)n2-c2ccccc2)cc1. The van der Waals surface area contributed by atoms with Crippen LogP contribution in [0.1, 0.15) is 19.4 Å². The molecule has 112 valence electrons. The highest BCUT2D eigenvalue weighted by atomic mass is 32.1. The first-order valence-corrected chi connectivity index (χ1v) is 8.17. The molecule has 0 unspecified atom stereocenters. The molecule has 0 radical (unpaired) electrons. The lowest BCUT2D eigenvalue weighted by Crippen LogP contribution is -2.16. The largest absolute Gasteiger partial charge is 0.268 e. The fourth-order valence-corrected chi connectivity index (χ4v) is 3.14. The molecule has 3 nitrogen and oxygen atoms in total. The van der Waals surface area contributed by atoms with Crippen molar-refractivity contribution in [2.45, 2.75) is 26.8 Å². The molecule has 0 saturated carbocycles. The number of hydrogen-bond donors (Lipinski definition) is 0. The van der Waals surface area contributed by atoms with Crippen molar-refractivity contribution in [3.05, 3.63) is 65.0 Å². The van der Waals surface area contributed by atoms with Gasteiger partial charge in [0.1, 0.15) is 0 Å². The summed E-state index contributed by atoms with van der Waals surface area (Å²) in [6, 6.07) is 19.0. The van der Waals surface area contributed by atoms with Crippen molar-refractivity contribution in [1.29, 1.82) is 0 Å². The third kappa shape index (κ3) is 3.02. The van der Waals surface area contributed by atoms with Gasteiger partial charge < -0.3 is 0 Å². The predicted molar refractivity (Wildman–Crippen MR) is 92.3 cm³/mol. The van der Waals surface area contributed by atoms with E-state index in [0.29, 0.717) is 0 Å². The fourth-order valence-electron chi connectivity index (χ4n) is 2.25. The van der Waals surface area contributed by atoms with Gasteiger partial charge in [0, 0.05) is 28.8 Å². The van der Waals surface area contributed by atoms with Crippen LogP contribution >= 0.6 is 11.5 Å². The Morgan fingerprint density at radius 2 is 1.68 bits per heavy atom. The third-order valence-electron chi connectivity index (χ3n) is 3.31. The van der Waals surface area contributed by atoms with Gasteiger partial charge in [0.15, 0.2) is 5.82 Å². The van der Waals surface area contributed by atoms with E-state index >= 15 is 0 Å².